The van der Waals surface area contributed by atoms with Crippen LogP contribution in [0.1, 0.15) is 32.7 Å². The highest BCUT2D eigenvalue weighted by atomic mass is 32.1. The Labute approximate surface area is 144 Å². The third-order valence-electron chi connectivity index (χ3n) is 3.67. The molecule has 0 aliphatic rings. The van der Waals surface area contributed by atoms with Crippen LogP contribution >= 0.6 is 11.3 Å². The van der Waals surface area contributed by atoms with Crippen molar-refractivity contribution < 1.29 is 9.90 Å². The van der Waals surface area contributed by atoms with Gasteiger partial charge in [-0.15, -0.1) is 11.3 Å². The van der Waals surface area contributed by atoms with Crippen LogP contribution in [0.15, 0.2) is 66.0 Å². The van der Waals surface area contributed by atoms with Crippen molar-refractivity contribution in [1.82, 2.24) is 10.3 Å². The van der Waals surface area contributed by atoms with Crippen LogP contribution in [0.4, 0.5) is 0 Å². The Balaban J connectivity index is 1.67. The molecule has 1 unspecified atom stereocenters. The van der Waals surface area contributed by atoms with Crippen LogP contribution in [0.25, 0.3) is 0 Å². The largest absolute Gasteiger partial charge is 0.394 e. The van der Waals surface area contributed by atoms with Gasteiger partial charge in [-0.05, 0) is 11.1 Å². The van der Waals surface area contributed by atoms with Gasteiger partial charge in [-0.3, -0.25) is 4.79 Å². The third-order valence-corrected chi connectivity index (χ3v) is 4.52. The van der Waals surface area contributed by atoms with Crippen LogP contribution < -0.4 is 5.32 Å². The van der Waals surface area contributed by atoms with Gasteiger partial charge in [0.15, 0.2) is 0 Å². The van der Waals surface area contributed by atoms with Gasteiger partial charge in [-0.1, -0.05) is 60.7 Å². The van der Waals surface area contributed by atoms with Crippen molar-refractivity contribution in [2.75, 3.05) is 6.61 Å². The third kappa shape index (κ3) is 4.07. The first-order valence-corrected chi connectivity index (χ1v) is 8.59. The van der Waals surface area contributed by atoms with Gasteiger partial charge in [-0.25, -0.2) is 4.98 Å². The number of nitrogens with one attached hydrogen (secondary N) is 1. The number of thiazole rings is 1. The summed E-state index contributed by atoms with van der Waals surface area (Å²) in [6.45, 7) is -0.156. The van der Waals surface area contributed by atoms with Crippen molar-refractivity contribution in [3.63, 3.8) is 0 Å². The quantitative estimate of drug-likeness (QED) is 0.725. The molecule has 0 bridgehead atoms. The lowest BCUT2D eigenvalue weighted by Crippen LogP contribution is -2.31. The normalized spacial score (nSPS) is 11.9. The molecule has 3 rings (SSSR count). The molecule has 1 amide bonds. The van der Waals surface area contributed by atoms with Gasteiger partial charge in [0.25, 0.3) is 5.91 Å². The topological polar surface area (TPSA) is 62.2 Å². The van der Waals surface area contributed by atoms with E-state index in [-0.39, 0.29) is 12.5 Å². The summed E-state index contributed by atoms with van der Waals surface area (Å²) in [7, 11) is 0. The predicted molar refractivity (Wildman–Crippen MR) is 95.1 cm³/mol. The van der Waals surface area contributed by atoms with Gasteiger partial charge >= 0.3 is 0 Å². The fourth-order valence-corrected chi connectivity index (χ4v) is 3.23. The minimum Gasteiger partial charge on any atom is -0.394 e. The van der Waals surface area contributed by atoms with Gasteiger partial charge in [0.2, 0.25) is 0 Å². The van der Waals surface area contributed by atoms with E-state index in [9.17, 15) is 9.90 Å². The first kappa shape index (κ1) is 16.4. The Morgan fingerprint density at radius 1 is 1.08 bits per heavy atom. The number of carbonyl (C=O) groups excluding carboxylic acids is 1. The van der Waals surface area contributed by atoms with Crippen LogP contribution in [0.2, 0.25) is 0 Å². The molecule has 0 saturated heterocycles. The molecule has 122 valence electrons. The molecule has 1 atom stereocenters. The molecule has 0 fully saturated rings. The summed E-state index contributed by atoms with van der Waals surface area (Å²) in [5.41, 5.74) is 2.42. The van der Waals surface area contributed by atoms with Crippen LogP contribution in [0.5, 0.6) is 0 Å². The molecule has 2 N–H and O–H groups in total. The van der Waals surface area contributed by atoms with Gasteiger partial charge < -0.3 is 10.4 Å². The van der Waals surface area contributed by atoms with Crippen LogP contribution in [-0.2, 0) is 6.42 Å². The van der Waals surface area contributed by atoms with Gasteiger partial charge in [0.1, 0.15) is 5.69 Å². The molecule has 0 aliphatic carbocycles. The minimum atomic E-state index is -0.432. The van der Waals surface area contributed by atoms with E-state index in [2.05, 4.69) is 10.3 Å². The van der Waals surface area contributed by atoms with Crippen molar-refractivity contribution >= 4 is 17.2 Å². The summed E-state index contributed by atoms with van der Waals surface area (Å²) in [5.74, 6) is -0.270. The number of nitrogens with zero attached hydrogens (tertiary/aromatic N) is 1. The highest BCUT2D eigenvalue weighted by molar-refractivity contribution is 7.09. The molecule has 0 radical (unpaired) electrons. The number of rotatable bonds is 6. The lowest BCUT2D eigenvalue weighted by Gasteiger charge is -2.15. The number of aliphatic hydroxyl groups excluding tert-OH is 1. The molecule has 1 aromatic heterocycles. The van der Waals surface area contributed by atoms with Crippen molar-refractivity contribution in [2.45, 2.75) is 12.5 Å². The lowest BCUT2D eigenvalue weighted by atomic mass is 10.1. The number of amides is 1. The van der Waals surface area contributed by atoms with E-state index < -0.39 is 6.04 Å². The van der Waals surface area contributed by atoms with Crippen molar-refractivity contribution in [3.8, 4) is 0 Å². The summed E-state index contributed by atoms with van der Waals surface area (Å²) in [6, 6.07) is 19.0. The summed E-state index contributed by atoms with van der Waals surface area (Å²) >= 11 is 1.47. The summed E-state index contributed by atoms with van der Waals surface area (Å²) < 4.78 is 0. The Bertz CT molecular complexity index is 787. The molecular formula is C19H18N2O2S. The lowest BCUT2D eigenvalue weighted by molar-refractivity contribution is 0.0911. The van der Waals surface area contributed by atoms with Crippen LogP contribution in [0.3, 0.4) is 0 Å². The first-order valence-electron chi connectivity index (χ1n) is 7.71. The number of carbonyl (C=O) groups is 1. The maximum absolute atomic E-state index is 12.4. The second-order valence-electron chi connectivity index (χ2n) is 5.41. The van der Waals surface area contributed by atoms with Gasteiger partial charge in [0.05, 0.1) is 17.7 Å². The van der Waals surface area contributed by atoms with Crippen molar-refractivity contribution in [1.29, 1.82) is 0 Å². The summed E-state index contributed by atoms with van der Waals surface area (Å²) in [4.78, 5) is 16.8. The first-order chi connectivity index (χ1) is 11.8. The molecular weight excluding hydrogens is 320 g/mol. The zero-order valence-electron chi connectivity index (χ0n) is 13.1. The average Bonchev–Trinajstić information content (AvgIpc) is 3.10. The van der Waals surface area contributed by atoms with E-state index in [4.69, 9.17) is 0 Å². The Morgan fingerprint density at radius 2 is 1.75 bits per heavy atom. The molecule has 3 aromatic rings. The van der Waals surface area contributed by atoms with Gasteiger partial charge in [0, 0.05) is 11.8 Å². The number of hydrogen-bond donors (Lipinski definition) is 2. The van der Waals surface area contributed by atoms with Crippen molar-refractivity contribution in [3.05, 3.63) is 87.9 Å². The predicted octanol–water partition coefficient (Wildman–Crippen LogP) is 3.20. The van der Waals surface area contributed by atoms with E-state index in [0.29, 0.717) is 12.1 Å². The molecule has 4 nitrogen and oxygen atoms in total. The Hall–Kier alpha value is -2.50. The molecule has 0 aliphatic heterocycles. The Morgan fingerprint density at radius 3 is 2.42 bits per heavy atom. The fraction of sp³-hybridized carbons (Fsp3) is 0.158. The monoisotopic (exact) mass is 338 g/mol. The second-order valence-corrected chi connectivity index (χ2v) is 6.35. The summed E-state index contributed by atoms with van der Waals surface area (Å²) in [5, 5.41) is 15.0. The number of hydrogen-bond acceptors (Lipinski definition) is 4. The second kappa shape index (κ2) is 7.86. The van der Waals surface area contributed by atoms with E-state index in [1.54, 1.807) is 5.38 Å². The fourth-order valence-electron chi connectivity index (χ4n) is 2.42. The van der Waals surface area contributed by atoms with E-state index in [0.717, 1.165) is 16.1 Å². The zero-order chi connectivity index (χ0) is 16.8. The maximum atomic E-state index is 12.4. The van der Waals surface area contributed by atoms with Gasteiger partial charge in [-0.2, -0.15) is 0 Å². The summed E-state index contributed by atoms with van der Waals surface area (Å²) in [6.07, 6.45) is 0.709. The highest BCUT2D eigenvalue weighted by Crippen LogP contribution is 2.17. The smallest absolute Gasteiger partial charge is 0.271 e. The average molecular weight is 338 g/mol. The van der Waals surface area contributed by atoms with Crippen molar-refractivity contribution in [2.24, 2.45) is 0 Å². The zero-order valence-corrected chi connectivity index (χ0v) is 13.9. The van der Waals surface area contributed by atoms with E-state index >= 15 is 0 Å². The molecule has 0 saturated carbocycles. The van der Waals surface area contributed by atoms with E-state index in [1.165, 1.54) is 11.3 Å². The van der Waals surface area contributed by atoms with Crippen LogP contribution in [0, 0.1) is 0 Å². The molecule has 0 spiro atoms. The van der Waals surface area contributed by atoms with Crippen LogP contribution in [-0.4, -0.2) is 22.6 Å². The highest BCUT2D eigenvalue weighted by Gasteiger charge is 2.17. The molecule has 2 aromatic carbocycles. The SMILES string of the molecule is O=C(NC(CO)c1ccccc1)c1csc(Cc2ccccc2)n1. The molecule has 24 heavy (non-hydrogen) atoms. The number of aromatic nitrogens is 1. The van der Waals surface area contributed by atoms with E-state index in [1.807, 2.05) is 60.7 Å². The number of benzene rings is 2. The molecule has 1 heterocycles. The molecule has 5 heteroatoms. The standard InChI is InChI=1S/C19H18N2O2S/c22-12-16(15-9-5-2-6-10-15)21-19(23)17-13-24-18(20-17)11-14-7-3-1-4-8-14/h1-10,13,16,22H,11-12H2,(H,21,23). The minimum absolute atomic E-state index is 0.156. The number of aliphatic hydroxyl groups is 1. The maximum Gasteiger partial charge on any atom is 0.271 e. The Kier molecular flexibility index (Phi) is 5.36.